The number of hydrogen-bond donors (Lipinski definition) is 2. The molecule has 0 unspecified atom stereocenters. The summed E-state index contributed by atoms with van der Waals surface area (Å²) in [7, 11) is 0. The van der Waals surface area contributed by atoms with E-state index in [0.29, 0.717) is 17.7 Å². The molecule has 5 nitrogen and oxygen atoms in total. The van der Waals surface area contributed by atoms with Gasteiger partial charge in [-0.05, 0) is 36.4 Å². The van der Waals surface area contributed by atoms with Gasteiger partial charge >= 0.3 is 0 Å². The maximum absolute atomic E-state index is 12.0. The lowest BCUT2D eigenvalue weighted by atomic mass is 9.97. The van der Waals surface area contributed by atoms with Crippen LogP contribution >= 0.6 is 11.3 Å². The number of carbonyl (C=O) groups is 2. The number of carbonyl (C=O) groups excluding carboxylic acids is 2. The molecule has 0 saturated carbocycles. The molecule has 0 fully saturated rings. The third kappa shape index (κ3) is 2.12. The van der Waals surface area contributed by atoms with Gasteiger partial charge < -0.3 is 4.98 Å². The summed E-state index contributed by atoms with van der Waals surface area (Å²) in [4.78, 5) is 28.1. The number of fused-ring (bicyclic) bond motifs is 1. The highest BCUT2D eigenvalue weighted by atomic mass is 32.1. The summed E-state index contributed by atoms with van der Waals surface area (Å²) in [6.07, 6.45) is 4.13. The molecule has 0 aromatic carbocycles. The lowest BCUT2D eigenvalue weighted by molar-refractivity contribution is -0.116. The molecule has 0 bridgehead atoms. The van der Waals surface area contributed by atoms with Crippen LogP contribution in [0.4, 0.5) is 0 Å². The number of nitrogens with zero attached hydrogens (tertiary/aromatic N) is 1. The van der Waals surface area contributed by atoms with Gasteiger partial charge in [-0.25, -0.2) is 5.43 Å². The molecule has 3 heterocycles. The summed E-state index contributed by atoms with van der Waals surface area (Å²) in [5.41, 5.74) is 6.18. The van der Waals surface area contributed by atoms with E-state index >= 15 is 0 Å². The lowest BCUT2D eigenvalue weighted by Gasteiger charge is -2.08. The summed E-state index contributed by atoms with van der Waals surface area (Å²) in [5, 5.41) is 6.06. The summed E-state index contributed by atoms with van der Waals surface area (Å²) >= 11 is 1.54. The number of aromatic nitrogens is 1. The minimum absolute atomic E-state index is 0.171. The Labute approximate surface area is 130 Å². The average Bonchev–Trinajstić information content (AvgIpc) is 3.20. The van der Waals surface area contributed by atoms with Gasteiger partial charge in [0.1, 0.15) is 5.71 Å². The first-order valence-electron chi connectivity index (χ1n) is 7.11. The third-order valence-corrected chi connectivity index (χ3v) is 4.75. The molecule has 2 aromatic heterocycles. The van der Waals surface area contributed by atoms with Crippen molar-refractivity contribution < 1.29 is 9.59 Å². The largest absolute Gasteiger partial charge is 0.358 e. The molecule has 0 spiro atoms. The number of rotatable bonds is 2. The highest BCUT2D eigenvalue weighted by Crippen LogP contribution is 2.25. The zero-order chi connectivity index (χ0) is 15.1. The Morgan fingerprint density at radius 3 is 2.95 bits per heavy atom. The van der Waals surface area contributed by atoms with Crippen molar-refractivity contribution in [1.82, 2.24) is 10.4 Å². The third-order valence-electron chi connectivity index (χ3n) is 3.87. The van der Waals surface area contributed by atoms with Gasteiger partial charge in [0, 0.05) is 23.4 Å². The number of aromatic amines is 1. The summed E-state index contributed by atoms with van der Waals surface area (Å²) < 4.78 is 0. The van der Waals surface area contributed by atoms with E-state index < -0.39 is 0 Å². The Morgan fingerprint density at radius 1 is 1.27 bits per heavy atom. The topological polar surface area (TPSA) is 74.3 Å². The number of H-pyrrole nitrogens is 1. The van der Waals surface area contributed by atoms with Crippen LogP contribution in [-0.2, 0) is 11.2 Å². The maximum Gasteiger partial charge on any atom is 0.273 e. The number of Topliss-reactive ketones (excluding diaryl/α,β-unsaturated/α-hetero) is 1. The molecule has 1 aliphatic heterocycles. The first kappa shape index (κ1) is 13.2. The van der Waals surface area contributed by atoms with Crippen LogP contribution in [0.15, 0.2) is 34.3 Å². The molecule has 4 rings (SSSR count). The van der Waals surface area contributed by atoms with Gasteiger partial charge in [-0.3, -0.25) is 9.59 Å². The van der Waals surface area contributed by atoms with Gasteiger partial charge in [-0.1, -0.05) is 6.07 Å². The molecule has 6 heteroatoms. The van der Waals surface area contributed by atoms with E-state index in [1.807, 2.05) is 23.6 Å². The number of hydrogen-bond acceptors (Lipinski definition) is 4. The van der Waals surface area contributed by atoms with Crippen LogP contribution in [0, 0.1) is 0 Å². The van der Waals surface area contributed by atoms with E-state index in [1.165, 1.54) is 11.3 Å². The van der Waals surface area contributed by atoms with Gasteiger partial charge in [0.25, 0.3) is 5.91 Å². The molecule has 1 aliphatic carbocycles. The fraction of sp³-hybridized carbons (Fsp3) is 0.188. The molecular formula is C16H13N3O2S. The molecule has 2 aliphatic rings. The minimum Gasteiger partial charge on any atom is -0.358 e. The number of hydrazone groups is 1. The predicted octanol–water partition coefficient (Wildman–Crippen LogP) is 2.51. The van der Waals surface area contributed by atoms with Crippen molar-refractivity contribution in [3.8, 4) is 0 Å². The van der Waals surface area contributed by atoms with E-state index in [4.69, 9.17) is 0 Å². The lowest BCUT2D eigenvalue weighted by Crippen LogP contribution is -2.13. The van der Waals surface area contributed by atoms with Crippen LogP contribution in [0.2, 0.25) is 0 Å². The quantitative estimate of drug-likeness (QED) is 0.836. The molecule has 0 atom stereocenters. The van der Waals surface area contributed by atoms with Crippen molar-refractivity contribution in [3.63, 3.8) is 0 Å². The molecule has 2 aromatic rings. The first-order chi connectivity index (χ1) is 10.7. The van der Waals surface area contributed by atoms with Crippen molar-refractivity contribution in [2.75, 3.05) is 0 Å². The van der Waals surface area contributed by atoms with Crippen molar-refractivity contribution in [3.05, 3.63) is 51.0 Å². The van der Waals surface area contributed by atoms with Crippen LogP contribution in [0.5, 0.6) is 0 Å². The summed E-state index contributed by atoms with van der Waals surface area (Å²) in [5.74, 6) is -0.0486. The van der Waals surface area contributed by atoms with E-state index in [9.17, 15) is 9.59 Å². The summed E-state index contributed by atoms with van der Waals surface area (Å²) in [6, 6.07) is 5.69. The van der Waals surface area contributed by atoms with Gasteiger partial charge in [-0.2, -0.15) is 5.10 Å². The van der Waals surface area contributed by atoms with Crippen molar-refractivity contribution in [2.45, 2.75) is 19.3 Å². The standard InChI is InChI=1S/C16H13N3O2S/c20-13-4-1-3-12-10(13)7-9(17-12)8-11-15(18-19-16(11)21)14-5-2-6-22-14/h2,5-8,17H,1,3-4H2,(H,19,21)/b11-8+. The maximum atomic E-state index is 12.0. The minimum atomic E-state index is -0.220. The van der Waals surface area contributed by atoms with Crippen molar-refractivity contribution >= 4 is 34.8 Å². The molecule has 22 heavy (non-hydrogen) atoms. The Bertz CT molecular complexity index is 828. The van der Waals surface area contributed by atoms with Gasteiger partial charge in [-0.15, -0.1) is 11.3 Å². The number of amides is 1. The zero-order valence-corrected chi connectivity index (χ0v) is 12.5. The van der Waals surface area contributed by atoms with E-state index in [0.717, 1.165) is 34.7 Å². The average molecular weight is 311 g/mol. The number of thiophene rings is 1. The van der Waals surface area contributed by atoms with Crippen LogP contribution in [0.1, 0.15) is 39.5 Å². The molecule has 1 amide bonds. The molecular weight excluding hydrogens is 298 g/mol. The highest BCUT2D eigenvalue weighted by Gasteiger charge is 2.26. The molecule has 110 valence electrons. The van der Waals surface area contributed by atoms with Crippen molar-refractivity contribution in [1.29, 1.82) is 0 Å². The molecule has 0 radical (unpaired) electrons. The Hall–Kier alpha value is -2.47. The normalized spacial score (nSPS) is 19.3. The second-order valence-corrected chi connectivity index (χ2v) is 6.28. The van der Waals surface area contributed by atoms with E-state index in [1.54, 1.807) is 6.08 Å². The second-order valence-electron chi connectivity index (χ2n) is 5.33. The van der Waals surface area contributed by atoms with Gasteiger partial charge in [0.05, 0.1) is 10.5 Å². The zero-order valence-electron chi connectivity index (χ0n) is 11.7. The Kier molecular flexibility index (Phi) is 3.04. The van der Waals surface area contributed by atoms with Gasteiger partial charge in [0.2, 0.25) is 0 Å². The first-order valence-corrected chi connectivity index (χ1v) is 7.99. The molecule has 0 saturated heterocycles. The fourth-order valence-corrected chi connectivity index (χ4v) is 3.56. The predicted molar refractivity (Wildman–Crippen MR) is 85.0 cm³/mol. The monoisotopic (exact) mass is 311 g/mol. The Morgan fingerprint density at radius 2 is 2.18 bits per heavy atom. The van der Waals surface area contributed by atoms with Crippen LogP contribution < -0.4 is 5.43 Å². The van der Waals surface area contributed by atoms with E-state index in [2.05, 4.69) is 15.5 Å². The van der Waals surface area contributed by atoms with Crippen molar-refractivity contribution in [2.24, 2.45) is 5.10 Å². The van der Waals surface area contributed by atoms with Crippen LogP contribution in [0.3, 0.4) is 0 Å². The number of aryl methyl sites for hydroxylation is 1. The number of ketones is 1. The van der Waals surface area contributed by atoms with Crippen LogP contribution in [0.25, 0.3) is 6.08 Å². The Balaban J connectivity index is 1.74. The smallest absolute Gasteiger partial charge is 0.273 e. The van der Waals surface area contributed by atoms with Gasteiger partial charge in [0.15, 0.2) is 5.78 Å². The number of nitrogens with one attached hydrogen (secondary N) is 2. The highest BCUT2D eigenvalue weighted by molar-refractivity contribution is 7.12. The molecule has 2 N–H and O–H groups in total. The van der Waals surface area contributed by atoms with Crippen LogP contribution in [-0.4, -0.2) is 22.4 Å². The SMILES string of the molecule is O=C1NN=C(c2cccs2)/C1=C\c1cc2c([nH]1)CCCC2=O. The fourth-order valence-electron chi connectivity index (χ4n) is 2.83. The van der Waals surface area contributed by atoms with E-state index in [-0.39, 0.29) is 11.7 Å². The summed E-state index contributed by atoms with van der Waals surface area (Å²) in [6.45, 7) is 0. The second kappa shape index (κ2) is 5.06.